The first-order valence-electron chi connectivity index (χ1n) is 6.22. The number of ether oxygens (including phenoxy) is 1. The van der Waals surface area contributed by atoms with Gasteiger partial charge in [-0.2, -0.15) is 5.26 Å². The van der Waals surface area contributed by atoms with E-state index in [1.165, 1.54) is 6.07 Å². The molecule has 0 aromatic heterocycles. The Morgan fingerprint density at radius 1 is 1.33 bits per heavy atom. The largest absolute Gasteiger partial charge is 0.492 e. The van der Waals surface area contributed by atoms with Crippen LogP contribution in [-0.2, 0) is 0 Å². The van der Waals surface area contributed by atoms with Gasteiger partial charge >= 0.3 is 0 Å². The van der Waals surface area contributed by atoms with Gasteiger partial charge in [-0.05, 0) is 40.2 Å². The van der Waals surface area contributed by atoms with Crippen LogP contribution in [0.4, 0.5) is 15.8 Å². The number of benzene rings is 2. The Morgan fingerprint density at radius 3 is 2.86 bits per heavy atom. The summed E-state index contributed by atoms with van der Waals surface area (Å²) in [4.78, 5) is 0. The van der Waals surface area contributed by atoms with Crippen molar-refractivity contribution in [3.63, 3.8) is 0 Å². The minimum Gasteiger partial charge on any atom is -0.492 e. The lowest BCUT2D eigenvalue weighted by Crippen LogP contribution is -2.12. The number of nitrogens with zero attached hydrogens (tertiary/aromatic N) is 1. The number of nitriles is 1. The Hall–Kier alpha value is -2.26. The fourth-order valence-electron chi connectivity index (χ4n) is 1.73. The monoisotopic (exact) mass is 349 g/mol. The molecule has 0 aliphatic heterocycles. The van der Waals surface area contributed by atoms with Crippen molar-refractivity contribution in [2.45, 2.75) is 0 Å². The molecule has 0 saturated heterocycles. The molecule has 0 bridgehead atoms. The second kappa shape index (κ2) is 6.95. The molecule has 0 heterocycles. The lowest BCUT2D eigenvalue weighted by atomic mass is 10.2. The molecular weight excluding hydrogens is 337 g/mol. The molecule has 0 atom stereocenters. The fourth-order valence-corrected chi connectivity index (χ4v) is 2.17. The quantitative estimate of drug-likeness (QED) is 0.639. The van der Waals surface area contributed by atoms with Gasteiger partial charge in [0.05, 0.1) is 15.7 Å². The summed E-state index contributed by atoms with van der Waals surface area (Å²) in [6.45, 7) is 0.782. The molecule has 0 saturated carbocycles. The molecule has 21 heavy (non-hydrogen) atoms. The minimum atomic E-state index is -0.488. The standard InChI is InChI=1S/C15H13BrFN3O/c16-14-10(9-18)4-5-13(15(14)17)20-6-7-21-12-3-1-2-11(19)8-12/h1-5,8,20H,6-7,19H2. The van der Waals surface area contributed by atoms with Crippen LogP contribution in [0, 0.1) is 17.1 Å². The van der Waals surface area contributed by atoms with Crippen molar-refractivity contribution < 1.29 is 9.13 Å². The Bertz CT molecular complexity index is 685. The van der Waals surface area contributed by atoms with E-state index in [0.29, 0.717) is 30.3 Å². The predicted octanol–water partition coefficient (Wildman–Crippen LogP) is 3.53. The van der Waals surface area contributed by atoms with Gasteiger partial charge in [0.1, 0.15) is 18.4 Å². The predicted molar refractivity (Wildman–Crippen MR) is 83.7 cm³/mol. The third-order valence-electron chi connectivity index (χ3n) is 2.75. The maximum atomic E-state index is 13.9. The van der Waals surface area contributed by atoms with Gasteiger partial charge in [-0.15, -0.1) is 0 Å². The van der Waals surface area contributed by atoms with Crippen LogP contribution in [0.3, 0.4) is 0 Å². The highest BCUT2D eigenvalue weighted by Gasteiger charge is 2.10. The maximum Gasteiger partial charge on any atom is 0.161 e. The molecule has 4 nitrogen and oxygen atoms in total. The summed E-state index contributed by atoms with van der Waals surface area (Å²) in [5.74, 6) is 0.177. The highest BCUT2D eigenvalue weighted by atomic mass is 79.9. The van der Waals surface area contributed by atoms with Gasteiger partial charge < -0.3 is 15.8 Å². The molecule has 0 fully saturated rings. The molecule has 0 spiro atoms. The Labute approximate surface area is 130 Å². The van der Waals surface area contributed by atoms with Crippen LogP contribution in [0.1, 0.15) is 5.56 Å². The lowest BCUT2D eigenvalue weighted by molar-refractivity contribution is 0.333. The minimum absolute atomic E-state index is 0.159. The van der Waals surface area contributed by atoms with Crippen LogP contribution in [0.2, 0.25) is 0 Å². The smallest absolute Gasteiger partial charge is 0.161 e. The highest BCUT2D eigenvalue weighted by Crippen LogP contribution is 2.26. The van der Waals surface area contributed by atoms with Gasteiger partial charge in [0.15, 0.2) is 5.82 Å². The summed E-state index contributed by atoms with van der Waals surface area (Å²) >= 11 is 3.06. The Balaban J connectivity index is 1.90. The Morgan fingerprint density at radius 2 is 2.14 bits per heavy atom. The topological polar surface area (TPSA) is 71.1 Å². The zero-order valence-corrected chi connectivity index (χ0v) is 12.7. The second-order valence-electron chi connectivity index (χ2n) is 4.25. The van der Waals surface area contributed by atoms with Crippen LogP contribution in [0.5, 0.6) is 5.75 Å². The van der Waals surface area contributed by atoms with E-state index in [1.807, 2.05) is 6.07 Å². The summed E-state index contributed by atoms with van der Waals surface area (Å²) in [6.07, 6.45) is 0. The molecule has 0 aliphatic rings. The second-order valence-corrected chi connectivity index (χ2v) is 5.04. The van der Waals surface area contributed by atoms with Crippen LogP contribution in [0.25, 0.3) is 0 Å². The summed E-state index contributed by atoms with van der Waals surface area (Å²) in [6, 6.07) is 12.1. The van der Waals surface area contributed by atoms with E-state index < -0.39 is 5.82 Å². The van der Waals surface area contributed by atoms with Gasteiger partial charge in [-0.1, -0.05) is 6.07 Å². The number of anilines is 2. The van der Waals surface area contributed by atoms with Crippen molar-refractivity contribution in [1.29, 1.82) is 5.26 Å². The van der Waals surface area contributed by atoms with Crippen LogP contribution in [0.15, 0.2) is 40.9 Å². The first-order chi connectivity index (χ1) is 10.1. The van der Waals surface area contributed by atoms with E-state index in [2.05, 4.69) is 21.2 Å². The average Bonchev–Trinajstić information content (AvgIpc) is 2.48. The summed E-state index contributed by atoms with van der Waals surface area (Å²) in [5, 5.41) is 11.7. The van der Waals surface area contributed by atoms with E-state index in [-0.39, 0.29) is 10.0 Å². The van der Waals surface area contributed by atoms with E-state index in [1.54, 1.807) is 30.3 Å². The molecule has 0 radical (unpaired) electrons. The first kappa shape index (κ1) is 15.1. The van der Waals surface area contributed by atoms with E-state index in [0.717, 1.165) is 0 Å². The van der Waals surface area contributed by atoms with Crippen molar-refractivity contribution in [3.8, 4) is 11.8 Å². The van der Waals surface area contributed by atoms with Crippen LogP contribution < -0.4 is 15.8 Å². The fraction of sp³-hybridized carbons (Fsp3) is 0.133. The molecule has 6 heteroatoms. The first-order valence-corrected chi connectivity index (χ1v) is 7.01. The third kappa shape index (κ3) is 3.86. The van der Waals surface area contributed by atoms with Gasteiger partial charge in [0.2, 0.25) is 0 Å². The molecule has 0 amide bonds. The van der Waals surface area contributed by atoms with Crippen molar-refractivity contribution in [2.24, 2.45) is 0 Å². The van der Waals surface area contributed by atoms with Crippen molar-refractivity contribution in [2.75, 3.05) is 24.2 Å². The van der Waals surface area contributed by atoms with Gasteiger partial charge in [-0.25, -0.2) is 4.39 Å². The van der Waals surface area contributed by atoms with Crippen LogP contribution in [-0.4, -0.2) is 13.2 Å². The molecule has 2 aromatic carbocycles. The number of rotatable bonds is 5. The van der Waals surface area contributed by atoms with Crippen LogP contribution >= 0.6 is 15.9 Å². The molecular formula is C15H13BrFN3O. The van der Waals surface area contributed by atoms with E-state index >= 15 is 0 Å². The summed E-state index contributed by atoms with van der Waals surface area (Å²) in [5.41, 5.74) is 6.84. The number of nitrogens with one attached hydrogen (secondary N) is 1. The zero-order valence-electron chi connectivity index (χ0n) is 11.1. The number of halogens is 2. The number of hydrogen-bond donors (Lipinski definition) is 2. The normalized spacial score (nSPS) is 9.95. The number of hydrogen-bond acceptors (Lipinski definition) is 4. The van der Waals surface area contributed by atoms with E-state index in [9.17, 15) is 4.39 Å². The molecule has 2 rings (SSSR count). The van der Waals surface area contributed by atoms with Gasteiger partial charge in [-0.3, -0.25) is 0 Å². The SMILES string of the molecule is N#Cc1ccc(NCCOc2cccc(N)c2)c(F)c1Br. The summed E-state index contributed by atoms with van der Waals surface area (Å²) in [7, 11) is 0. The summed E-state index contributed by atoms with van der Waals surface area (Å²) < 4.78 is 19.6. The highest BCUT2D eigenvalue weighted by molar-refractivity contribution is 9.10. The maximum absolute atomic E-state index is 13.9. The average molecular weight is 350 g/mol. The Kier molecular flexibility index (Phi) is 5.01. The van der Waals surface area contributed by atoms with Crippen molar-refractivity contribution >= 4 is 27.3 Å². The van der Waals surface area contributed by atoms with Crippen molar-refractivity contribution in [1.82, 2.24) is 0 Å². The van der Waals surface area contributed by atoms with E-state index in [4.69, 9.17) is 15.7 Å². The molecule has 2 aromatic rings. The zero-order chi connectivity index (χ0) is 15.2. The number of nitrogen functional groups attached to an aromatic ring is 1. The lowest BCUT2D eigenvalue weighted by Gasteiger charge is -2.10. The molecule has 0 aliphatic carbocycles. The number of nitrogens with two attached hydrogens (primary N) is 1. The third-order valence-corrected chi connectivity index (χ3v) is 3.52. The van der Waals surface area contributed by atoms with Gasteiger partial charge in [0, 0.05) is 18.3 Å². The molecule has 3 N–H and O–H groups in total. The molecule has 108 valence electrons. The molecule has 0 unspecified atom stereocenters. The van der Waals surface area contributed by atoms with Gasteiger partial charge in [0.25, 0.3) is 0 Å². The van der Waals surface area contributed by atoms with Crippen molar-refractivity contribution in [3.05, 3.63) is 52.3 Å².